The minimum Gasteiger partial charge on any atom is -0.198 e. The maximum Gasteiger partial charge on any atom is 0.0669 e. The normalized spacial score (nSPS) is 9.62. The Hall–Kier alpha value is -1.29. The zero-order chi connectivity index (χ0) is 9.68. The fraction of sp³-hybridized carbons (Fsp3) is 0.417. The number of nitrogens with zero attached hydrogens (tertiary/aromatic N) is 1. The lowest BCUT2D eigenvalue weighted by molar-refractivity contribution is 1.05. The number of hydrogen-bond acceptors (Lipinski definition) is 1. The zero-order valence-corrected chi connectivity index (χ0v) is 8.30. The third kappa shape index (κ3) is 2.32. The van der Waals surface area contributed by atoms with E-state index >= 15 is 0 Å². The Labute approximate surface area is 80.0 Å². The summed E-state index contributed by atoms with van der Waals surface area (Å²) in [6.07, 6.45) is 2.62. The number of rotatable bonds is 3. The van der Waals surface area contributed by atoms with Crippen LogP contribution in [0.3, 0.4) is 0 Å². The molecule has 0 atom stereocenters. The summed E-state index contributed by atoms with van der Waals surface area (Å²) in [4.78, 5) is 0. The summed E-state index contributed by atoms with van der Waals surface area (Å²) in [7, 11) is 0. The molecule has 0 amide bonds. The summed E-state index contributed by atoms with van der Waals surface area (Å²) < 4.78 is 0. The Morgan fingerprint density at radius 1 is 1.15 bits per heavy atom. The first-order valence-corrected chi connectivity index (χ1v) is 4.79. The van der Waals surface area contributed by atoms with Gasteiger partial charge in [-0.3, -0.25) is 0 Å². The number of benzene rings is 1. The van der Waals surface area contributed by atoms with Gasteiger partial charge in [0.15, 0.2) is 0 Å². The molecule has 1 nitrogen and oxygen atoms in total. The lowest BCUT2D eigenvalue weighted by Crippen LogP contribution is -1.93. The van der Waals surface area contributed by atoms with Gasteiger partial charge < -0.3 is 0 Å². The average molecular weight is 173 g/mol. The van der Waals surface area contributed by atoms with Gasteiger partial charge in [0.25, 0.3) is 0 Å². The summed E-state index contributed by atoms with van der Waals surface area (Å²) in [5.74, 6) is 0. The molecule has 0 heterocycles. The summed E-state index contributed by atoms with van der Waals surface area (Å²) >= 11 is 0. The van der Waals surface area contributed by atoms with E-state index in [0.717, 1.165) is 12.8 Å². The van der Waals surface area contributed by atoms with Crippen molar-refractivity contribution in [3.05, 3.63) is 34.9 Å². The van der Waals surface area contributed by atoms with E-state index in [0.29, 0.717) is 6.42 Å². The van der Waals surface area contributed by atoms with Gasteiger partial charge in [-0.25, -0.2) is 0 Å². The summed E-state index contributed by atoms with van der Waals surface area (Å²) in [5, 5.41) is 8.62. The minimum atomic E-state index is 0.535. The van der Waals surface area contributed by atoms with Crippen LogP contribution in [0.25, 0.3) is 0 Å². The molecule has 0 saturated heterocycles. The molecule has 0 aliphatic rings. The van der Waals surface area contributed by atoms with Gasteiger partial charge in [-0.15, -0.1) is 0 Å². The molecule has 1 aromatic rings. The Bertz CT molecular complexity index is 320. The van der Waals surface area contributed by atoms with Crippen LogP contribution in [0.2, 0.25) is 0 Å². The lowest BCUT2D eigenvalue weighted by Gasteiger charge is -2.06. The van der Waals surface area contributed by atoms with E-state index in [2.05, 4.69) is 38.1 Å². The first kappa shape index (κ1) is 9.80. The average Bonchev–Trinajstić information content (AvgIpc) is 2.19. The van der Waals surface area contributed by atoms with Gasteiger partial charge in [0, 0.05) is 0 Å². The van der Waals surface area contributed by atoms with Gasteiger partial charge in [-0.05, 0) is 29.5 Å². The maximum absolute atomic E-state index is 8.62. The fourth-order valence-electron chi connectivity index (χ4n) is 1.49. The summed E-state index contributed by atoms with van der Waals surface area (Å²) in [5.41, 5.74) is 3.86. The van der Waals surface area contributed by atoms with E-state index in [9.17, 15) is 0 Å². The summed E-state index contributed by atoms with van der Waals surface area (Å²) in [6, 6.07) is 8.61. The van der Waals surface area contributed by atoms with Crippen molar-refractivity contribution in [2.75, 3.05) is 0 Å². The molecule has 0 aliphatic carbocycles. The predicted octanol–water partition coefficient (Wildman–Crippen LogP) is 2.88. The molecule has 0 aromatic heterocycles. The van der Waals surface area contributed by atoms with Gasteiger partial charge in [0.2, 0.25) is 0 Å². The standard InChI is InChI=1S/C12H15N/c1-3-10-5-6-12(7-8-13)11(4-2)9-10/h5-6,9H,3-4,7H2,1-2H3. The van der Waals surface area contributed by atoms with Crippen LogP contribution in [0.1, 0.15) is 30.5 Å². The highest BCUT2D eigenvalue weighted by Crippen LogP contribution is 2.13. The molecule has 0 spiro atoms. The molecule has 1 aromatic carbocycles. The number of nitriles is 1. The molecule has 0 fully saturated rings. The van der Waals surface area contributed by atoms with Crippen LogP contribution in [0.5, 0.6) is 0 Å². The van der Waals surface area contributed by atoms with Crippen LogP contribution in [-0.2, 0) is 19.3 Å². The van der Waals surface area contributed by atoms with E-state index < -0.39 is 0 Å². The van der Waals surface area contributed by atoms with Gasteiger partial charge in [-0.1, -0.05) is 32.0 Å². The largest absolute Gasteiger partial charge is 0.198 e. The van der Waals surface area contributed by atoms with Gasteiger partial charge in [0.05, 0.1) is 12.5 Å². The van der Waals surface area contributed by atoms with Crippen molar-refractivity contribution in [3.8, 4) is 6.07 Å². The Balaban J connectivity index is 3.02. The lowest BCUT2D eigenvalue weighted by atomic mass is 9.99. The van der Waals surface area contributed by atoms with Crippen LogP contribution >= 0.6 is 0 Å². The highest BCUT2D eigenvalue weighted by molar-refractivity contribution is 5.33. The van der Waals surface area contributed by atoms with Crippen molar-refractivity contribution in [1.29, 1.82) is 5.26 Å². The maximum atomic E-state index is 8.62. The first-order valence-electron chi connectivity index (χ1n) is 4.79. The number of aryl methyl sites for hydroxylation is 2. The van der Waals surface area contributed by atoms with Crippen LogP contribution in [-0.4, -0.2) is 0 Å². The van der Waals surface area contributed by atoms with Crippen molar-refractivity contribution in [2.24, 2.45) is 0 Å². The van der Waals surface area contributed by atoms with Crippen molar-refractivity contribution in [2.45, 2.75) is 33.1 Å². The molecule has 13 heavy (non-hydrogen) atoms. The van der Waals surface area contributed by atoms with Gasteiger partial charge in [0.1, 0.15) is 0 Å². The van der Waals surface area contributed by atoms with E-state index in [1.165, 1.54) is 16.7 Å². The fourth-order valence-corrected chi connectivity index (χ4v) is 1.49. The van der Waals surface area contributed by atoms with Crippen LogP contribution in [0.15, 0.2) is 18.2 Å². The molecule has 0 saturated carbocycles. The Kier molecular flexibility index (Phi) is 3.52. The van der Waals surface area contributed by atoms with Crippen molar-refractivity contribution in [1.82, 2.24) is 0 Å². The molecule has 1 rings (SSSR count). The molecule has 68 valence electrons. The third-order valence-corrected chi connectivity index (χ3v) is 2.33. The highest BCUT2D eigenvalue weighted by Gasteiger charge is 2.00. The van der Waals surface area contributed by atoms with Crippen LogP contribution in [0, 0.1) is 11.3 Å². The molecule has 0 radical (unpaired) electrons. The summed E-state index contributed by atoms with van der Waals surface area (Å²) in [6.45, 7) is 4.29. The predicted molar refractivity (Wildman–Crippen MR) is 54.5 cm³/mol. The van der Waals surface area contributed by atoms with Crippen LogP contribution < -0.4 is 0 Å². The van der Waals surface area contributed by atoms with E-state index in [1.54, 1.807) is 0 Å². The van der Waals surface area contributed by atoms with Crippen molar-refractivity contribution < 1.29 is 0 Å². The van der Waals surface area contributed by atoms with Gasteiger partial charge in [-0.2, -0.15) is 5.26 Å². The molecule has 0 unspecified atom stereocenters. The van der Waals surface area contributed by atoms with Gasteiger partial charge >= 0.3 is 0 Å². The second-order valence-electron chi connectivity index (χ2n) is 3.15. The smallest absolute Gasteiger partial charge is 0.0669 e. The quantitative estimate of drug-likeness (QED) is 0.689. The molecule has 0 bridgehead atoms. The van der Waals surface area contributed by atoms with Crippen LogP contribution in [0.4, 0.5) is 0 Å². The molecular formula is C12H15N. The monoisotopic (exact) mass is 173 g/mol. The highest BCUT2D eigenvalue weighted by atomic mass is 14.2. The van der Waals surface area contributed by atoms with Crippen molar-refractivity contribution >= 4 is 0 Å². The zero-order valence-electron chi connectivity index (χ0n) is 8.30. The molecule has 0 N–H and O–H groups in total. The van der Waals surface area contributed by atoms with E-state index in [-0.39, 0.29) is 0 Å². The Morgan fingerprint density at radius 2 is 1.92 bits per heavy atom. The SMILES string of the molecule is CCc1ccc(CC#N)c(CC)c1. The minimum absolute atomic E-state index is 0.535. The second kappa shape index (κ2) is 4.67. The molecule has 1 heteroatoms. The topological polar surface area (TPSA) is 23.8 Å². The molecular weight excluding hydrogens is 158 g/mol. The number of hydrogen-bond donors (Lipinski definition) is 0. The van der Waals surface area contributed by atoms with E-state index in [4.69, 9.17) is 5.26 Å². The first-order chi connectivity index (χ1) is 6.31. The van der Waals surface area contributed by atoms with E-state index in [1.807, 2.05) is 0 Å². The molecule has 0 aliphatic heterocycles. The van der Waals surface area contributed by atoms with Crippen molar-refractivity contribution in [3.63, 3.8) is 0 Å². The Morgan fingerprint density at radius 3 is 2.46 bits per heavy atom. The third-order valence-electron chi connectivity index (χ3n) is 2.33. The second-order valence-corrected chi connectivity index (χ2v) is 3.15.